The van der Waals surface area contributed by atoms with E-state index in [1.54, 1.807) is 6.92 Å². The second-order valence-corrected chi connectivity index (χ2v) is 9.32. The van der Waals surface area contributed by atoms with Gasteiger partial charge in [-0.05, 0) is 37.2 Å². The first-order valence-electron chi connectivity index (χ1n) is 10.3. The van der Waals surface area contributed by atoms with Crippen molar-refractivity contribution in [2.75, 3.05) is 31.1 Å². The van der Waals surface area contributed by atoms with E-state index in [1.165, 1.54) is 33.5 Å². The number of amides is 1. The lowest BCUT2D eigenvalue weighted by Gasteiger charge is -2.35. The summed E-state index contributed by atoms with van der Waals surface area (Å²) in [4.78, 5) is 28.8. The smallest absolute Gasteiger partial charge is 0.219 e. The minimum Gasteiger partial charge on any atom is -0.352 e. The van der Waals surface area contributed by atoms with Gasteiger partial charge >= 0.3 is 0 Å². The Hall–Kier alpha value is -1.69. The maximum absolute atomic E-state index is 11.7. The average molecular weight is 387 g/mol. The molecule has 0 N–H and O–H groups in total. The predicted molar refractivity (Wildman–Crippen MR) is 112 cm³/mol. The fraction of sp³-hybridized carbons (Fsp3) is 0.667. The molecular weight excluding hydrogens is 356 g/mol. The standard InChI is InChI=1S/C21H30N4OS/c1-5-14(3)19-22-20(25-10-8-24(9-11-25)15(4)26)18-16-7-6-13(2)12-17(16)27-21(18)23-19/h13-14H,5-12H2,1-4H3/t13-,14-/m0/s1. The molecule has 0 aromatic carbocycles. The van der Waals surface area contributed by atoms with Crippen LogP contribution in [0.15, 0.2) is 0 Å². The van der Waals surface area contributed by atoms with Crippen LogP contribution in [0.1, 0.15) is 62.7 Å². The van der Waals surface area contributed by atoms with Crippen molar-refractivity contribution in [3.05, 3.63) is 16.3 Å². The molecular formula is C21H30N4OS. The molecule has 5 nitrogen and oxygen atoms in total. The number of fused-ring (bicyclic) bond motifs is 3. The topological polar surface area (TPSA) is 49.3 Å². The van der Waals surface area contributed by atoms with Crippen molar-refractivity contribution < 1.29 is 4.79 Å². The normalized spacial score (nSPS) is 21.4. The van der Waals surface area contributed by atoms with Crippen LogP contribution in [-0.4, -0.2) is 47.0 Å². The van der Waals surface area contributed by atoms with Crippen molar-refractivity contribution in [3.8, 4) is 0 Å². The zero-order valence-corrected chi connectivity index (χ0v) is 17.7. The number of anilines is 1. The summed E-state index contributed by atoms with van der Waals surface area (Å²) in [6.45, 7) is 11.7. The summed E-state index contributed by atoms with van der Waals surface area (Å²) in [6.07, 6.45) is 4.62. The van der Waals surface area contributed by atoms with Gasteiger partial charge in [0.2, 0.25) is 5.91 Å². The van der Waals surface area contributed by atoms with E-state index in [9.17, 15) is 4.79 Å². The summed E-state index contributed by atoms with van der Waals surface area (Å²) in [5, 5.41) is 1.30. The molecule has 3 heterocycles. The summed E-state index contributed by atoms with van der Waals surface area (Å²) < 4.78 is 0. The third kappa shape index (κ3) is 3.44. The van der Waals surface area contributed by atoms with Crippen molar-refractivity contribution in [2.45, 2.75) is 59.3 Å². The first-order valence-corrected chi connectivity index (χ1v) is 11.1. The van der Waals surface area contributed by atoms with E-state index in [2.05, 4.69) is 25.7 Å². The van der Waals surface area contributed by atoms with Gasteiger partial charge in [0.05, 0.1) is 5.39 Å². The summed E-state index contributed by atoms with van der Waals surface area (Å²) in [7, 11) is 0. The molecule has 2 atom stereocenters. The lowest BCUT2D eigenvalue weighted by molar-refractivity contribution is -0.129. The third-order valence-electron chi connectivity index (χ3n) is 6.23. The van der Waals surface area contributed by atoms with Gasteiger partial charge in [0, 0.05) is 43.9 Å². The van der Waals surface area contributed by atoms with E-state index in [1.807, 2.05) is 16.2 Å². The van der Waals surface area contributed by atoms with Crippen molar-refractivity contribution >= 4 is 33.3 Å². The van der Waals surface area contributed by atoms with Gasteiger partial charge < -0.3 is 9.80 Å². The summed E-state index contributed by atoms with van der Waals surface area (Å²) in [5.41, 5.74) is 1.49. The zero-order valence-electron chi connectivity index (χ0n) is 16.9. The molecule has 1 amide bonds. The van der Waals surface area contributed by atoms with Crippen LogP contribution < -0.4 is 4.90 Å². The Morgan fingerprint density at radius 3 is 2.67 bits per heavy atom. The van der Waals surface area contributed by atoms with Gasteiger partial charge in [0.1, 0.15) is 16.5 Å². The number of carbonyl (C=O) groups excluding carboxylic acids is 1. The fourth-order valence-electron chi connectivity index (χ4n) is 4.20. The maximum atomic E-state index is 11.7. The molecule has 0 unspecified atom stereocenters. The number of aromatic nitrogens is 2. The predicted octanol–water partition coefficient (Wildman–Crippen LogP) is 4.00. The third-order valence-corrected chi connectivity index (χ3v) is 7.38. The highest BCUT2D eigenvalue weighted by Gasteiger charge is 2.28. The van der Waals surface area contributed by atoms with E-state index in [0.717, 1.165) is 56.6 Å². The molecule has 0 bridgehead atoms. The van der Waals surface area contributed by atoms with Crippen LogP contribution in [0.4, 0.5) is 5.82 Å². The van der Waals surface area contributed by atoms with E-state index in [4.69, 9.17) is 9.97 Å². The highest BCUT2D eigenvalue weighted by molar-refractivity contribution is 7.19. The monoisotopic (exact) mass is 386 g/mol. The average Bonchev–Trinajstić information content (AvgIpc) is 3.03. The minimum absolute atomic E-state index is 0.171. The van der Waals surface area contributed by atoms with Crippen LogP contribution in [0.5, 0.6) is 0 Å². The van der Waals surface area contributed by atoms with E-state index in [0.29, 0.717) is 5.92 Å². The quantitative estimate of drug-likeness (QED) is 0.800. The zero-order chi connectivity index (χ0) is 19.1. The van der Waals surface area contributed by atoms with Crippen LogP contribution in [0.3, 0.4) is 0 Å². The molecule has 1 saturated heterocycles. The number of nitrogens with zero attached hydrogens (tertiary/aromatic N) is 4. The Balaban J connectivity index is 1.78. The number of aryl methyl sites for hydroxylation is 1. The van der Waals surface area contributed by atoms with Crippen LogP contribution in [0.25, 0.3) is 10.2 Å². The molecule has 2 aromatic rings. The first-order chi connectivity index (χ1) is 13.0. The highest BCUT2D eigenvalue weighted by Crippen LogP contribution is 2.41. The van der Waals surface area contributed by atoms with Gasteiger partial charge in [-0.2, -0.15) is 0 Å². The summed E-state index contributed by atoms with van der Waals surface area (Å²) in [6, 6.07) is 0. The highest BCUT2D eigenvalue weighted by atomic mass is 32.1. The minimum atomic E-state index is 0.171. The number of carbonyl (C=O) groups is 1. The SMILES string of the molecule is CC[C@H](C)c1nc(N2CCN(C(C)=O)CC2)c2c3c(sc2n1)C[C@@H](C)CC3. The van der Waals surface area contributed by atoms with Gasteiger partial charge in [-0.3, -0.25) is 4.79 Å². The van der Waals surface area contributed by atoms with E-state index < -0.39 is 0 Å². The van der Waals surface area contributed by atoms with Gasteiger partial charge in [0.25, 0.3) is 0 Å². The van der Waals surface area contributed by atoms with Gasteiger partial charge in [-0.25, -0.2) is 9.97 Å². The molecule has 6 heteroatoms. The molecule has 1 fully saturated rings. The molecule has 1 aliphatic carbocycles. The van der Waals surface area contributed by atoms with Gasteiger partial charge in [0.15, 0.2) is 0 Å². The molecule has 4 rings (SSSR count). The van der Waals surface area contributed by atoms with Gasteiger partial charge in [-0.15, -0.1) is 11.3 Å². The lowest BCUT2D eigenvalue weighted by atomic mass is 9.89. The molecule has 2 aromatic heterocycles. The molecule has 146 valence electrons. The molecule has 0 radical (unpaired) electrons. The molecule has 0 spiro atoms. The molecule has 27 heavy (non-hydrogen) atoms. The van der Waals surface area contributed by atoms with Crippen LogP contribution >= 0.6 is 11.3 Å². The second-order valence-electron chi connectivity index (χ2n) is 8.24. The van der Waals surface area contributed by atoms with Crippen LogP contribution in [0.2, 0.25) is 0 Å². The first kappa shape index (κ1) is 18.7. The number of hydrogen-bond donors (Lipinski definition) is 0. The lowest BCUT2D eigenvalue weighted by Crippen LogP contribution is -2.48. The Kier molecular flexibility index (Phi) is 5.10. The maximum Gasteiger partial charge on any atom is 0.219 e. The Morgan fingerprint density at radius 2 is 2.00 bits per heavy atom. The Bertz CT molecular complexity index is 853. The Labute approximate surface area is 165 Å². The van der Waals surface area contributed by atoms with Crippen LogP contribution in [-0.2, 0) is 17.6 Å². The van der Waals surface area contributed by atoms with Crippen molar-refractivity contribution in [2.24, 2.45) is 5.92 Å². The number of rotatable bonds is 3. The molecule has 1 aliphatic heterocycles. The largest absolute Gasteiger partial charge is 0.352 e. The van der Waals surface area contributed by atoms with Crippen LogP contribution in [0, 0.1) is 5.92 Å². The van der Waals surface area contributed by atoms with E-state index in [-0.39, 0.29) is 5.91 Å². The second kappa shape index (κ2) is 7.38. The summed E-state index contributed by atoms with van der Waals surface area (Å²) >= 11 is 1.89. The van der Waals surface area contributed by atoms with Gasteiger partial charge in [-0.1, -0.05) is 20.8 Å². The number of thiophene rings is 1. The van der Waals surface area contributed by atoms with Crippen molar-refractivity contribution in [3.63, 3.8) is 0 Å². The summed E-state index contributed by atoms with van der Waals surface area (Å²) in [5.74, 6) is 3.38. The molecule has 2 aliphatic rings. The molecule has 0 saturated carbocycles. The number of hydrogen-bond acceptors (Lipinski definition) is 5. The van der Waals surface area contributed by atoms with Crippen molar-refractivity contribution in [1.29, 1.82) is 0 Å². The Morgan fingerprint density at radius 1 is 1.26 bits per heavy atom. The van der Waals surface area contributed by atoms with Crippen molar-refractivity contribution in [1.82, 2.24) is 14.9 Å². The number of piperazine rings is 1. The van der Waals surface area contributed by atoms with E-state index >= 15 is 0 Å². The fourth-order valence-corrected chi connectivity index (χ4v) is 5.59.